The van der Waals surface area contributed by atoms with Crippen LogP contribution in [-0.4, -0.2) is 29.7 Å². The predicted octanol–water partition coefficient (Wildman–Crippen LogP) is 3.07. The van der Waals surface area contributed by atoms with E-state index in [-0.39, 0.29) is 30.4 Å². The molecule has 1 heterocycles. The van der Waals surface area contributed by atoms with Crippen LogP contribution in [0, 0.1) is 17.2 Å². The summed E-state index contributed by atoms with van der Waals surface area (Å²) in [5, 5.41) is 9.25. The van der Waals surface area contributed by atoms with Crippen LogP contribution in [0.3, 0.4) is 0 Å². The van der Waals surface area contributed by atoms with Crippen molar-refractivity contribution in [1.82, 2.24) is 4.90 Å². The molecule has 0 bridgehead atoms. The molecule has 0 radical (unpaired) electrons. The number of benzene rings is 1. The lowest BCUT2D eigenvalue weighted by Gasteiger charge is -2.29. The second kappa shape index (κ2) is 7.24. The van der Waals surface area contributed by atoms with Crippen molar-refractivity contribution in [1.29, 1.82) is 5.26 Å². The minimum Gasteiger partial charge on any atom is -0.343 e. The molecule has 0 spiro atoms. The van der Waals surface area contributed by atoms with Gasteiger partial charge < -0.3 is 4.90 Å². The minimum absolute atomic E-state index is 0.0215. The molecule has 110 valence electrons. The van der Waals surface area contributed by atoms with Crippen molar-refractivity contribution in [3.05, 3.63) is 34.9 Å². The Bertz CT molecular complexity index is 572. The van der Waals surface area contributed by atoms with E-state index in [0.717, 1.165) is 12.8 Å². The predicted molar refractivity (Wildman–Crippen MR) is 79.9 cm³/mol. The number of likely N-dealkylation sites (tertiary alicyclic amines) is 1. The van der Waals surface area contributed by atoms with Crippen molar-refractivity contribution >= 4 is 23.3 Å². The molecule has 1 saturated heterocycles. The Hall–Kier alpha value is -1.86. The summed E-state index contributed by atoms with van der Waals surface area (Å²) in [4.78, 5) is 25.9. The van der Waals surface area contributed by atoms with Crippen molar-refractivity contribution in [2.75, 3.05) is 13.1 Å². The lowest BCUT2D eigenvalue weighted by molar-refractivity contribution is -0.132. The first-order chi connectivity index (χ1) is 10.1. The summed E-state index contributed by atoms with van der Waals surface area (Å²) in [5.74, 6) is -0.0774. The zero-order chi connectivity index (χ0) is 15.2. The average molecular weight is 305 g/mol. The summed E-state index contributed by atoms with van der Waals surface area (Å²) in [6.45, 7) is 1.22. The van der Waals surface area contributed by atoms with Gasteiger partial charge in [0.1, 0.15) is 0 Å². The highest BCUT2D eigenvalue weighted by atomic mass is 35.5. The fourth-order valence-electron chi connectivity index (χ4n) is 2.46. The fourth-order valence-corrected chi connectivity index (χ4v) is 2.70. The maximum atomic E-state index is 12.1. The molecule has 1 fully saturated rings. The van der Waals surface area contributed by atoms with Crippen LogP contribution >= 0.6 is 11.6 Å². The van der Waals surface area contributed by atoms with E-state index in [1.807, 2.05) is 0 Å². The van der Waals surface area contributed by atoms with Gasteiger partial charge in [-0.1, -0.05) is 23.7 Å². The number of piperidine rings is 1. The number of hydrogen-bond acceptors (Lipinski definition) is 3. The van der Waals surface area contributed by atoms with Crippen LogP contribution in [0.4, 0.5) is 0 Å². The zero-order valence-corrected chi connectivity index (χ0v) is 12.5. The van der Waals surface area contributed by atoms with Crippen molar-refractivity contribution in [3.63, 3.8) is 0 Å². The third-order valence-electron chi connectivity index (χ3n) is 3.77. The number of Topliss-reactive ketones (excluding diaryl/α,β-unsaturated/α-hetero) is 1. The van der Waals surface area contributed by atoms with Crippen LogP contribution in [-0.2, 0) is 4.79 Å². The van der Waals surface area contributed by atoms with E-state index < -0.39 is 0 Å². The fraction of sp³-hybridized carbons (Fsp3) is 0.438. The number of halogens is 1. The van der Waals surface area contributed by atoms with Crippen molar-refractivity contribution < 1.29 is 9.59 Å². The van der Waals surface area contributed by atoms with Crippen molar-refractivity contribution in [2.24, 2.45) is 5.92 Å². The molecule has 1 aromatic rings. The van der Waals surface area contributed by atoms with Gasteiger partial charge in [0.25, 0.3) is 0 Å². The molecule has 0 aromatic heterocycles. The third kappa shape index (κ3) is 4.05. The summed E-state index contributed by atoms with van der Waals surface area (Å²) < 4.78 is 0. The van der Waals surface area contributed by atoms with Crippen LogP contribution < -0.4 is 0 Å². The van der Waals surface area contributed by atoms with E-state index in [1.54, 1.807) is 29.2 Å². The van der Waals surface area contributed by atoms with E-state index in [1.165, 1.54) is 0 Å². The summed E-state index contributed by atoms with van der Waals surface area (Å²) in [7, 11) is 0. The van der Waals surface area contributed by atoms with E-state index in [4.69, 9.17) is 16.9 Å². The van der Waals surface area contributed by atoms with Crippen LogP contribution in [0.15, 0.2) is 24.3 Å². The van der Waals surface area contributed by atoms with Gasteiger partial charge in [0.05, 0.1) is 11.1 Å². The minimum atomic E-state index is -0.110. The van der Waals surface area contributed by atoms with E-state index >= 15 is 0 Å². The number of ketones is 1. The molecule has 0 atom stereocenters. The summed E-state index contributed by atoms with van der Waals surface area (Å²) in [6, 6.07) is 9.10. The first-order valence-corrected chi connectivity index (χ1v) is 7.44. The van der Waals surface area contributed by atoms with Crippen molar-refractivity contribution in [3.8, 4) is 6.07 Å². The molecular formula is C16H17ClN2O2. The van der Waals surface area contributed by atoms with Crippen LogP contribution in [0.2, 0.25) is 5.02 Å². The highest BCUT2D eigenvalue weighted by Gasteiger charge is 2.23. The molecule has 0 unspecified atom stereocenters. The number of nitrogens with zero attached hydrogens (tertiary/aromatic N) is 2. The average Bonchev–Trinajstić information content (AvgIpc) is 2.52. The first-order valence-electron chi connectivity index (χ1n) is 7.07. The molecule has 21 heavy (non-hydrogen) atoms. The van der Waals surface area contributed by atoms with Gasteiger partial charge in [-0.05, 0) is 25.0 Å². The number of amides is 1. The van der Waals surface area contributed by atoms with Crippen LogP contribution in [0.5, 0.6) is 0 Å². The summed E-state index contributed by atoms with van der Waals surface area (Å²) in [6.07, 6.45) is 1.81. The number of nitriles is 1. The van der Waals surface area contributed by atoms with E-state index in [9.17, 15) is 9.59 Å². The highest BCUT2D eigenvalue weighted by Crippen LogP contribution is 2.19. The van der Waals surface area contributed by atoms with Gasteiger partial charge in [-0.15, -0.1) is 0 Å². The Morgan fingerprint density at radius 2 is 1.90 bits per heavy atom. The number of rotatable bonds is 4. The van der Waals surface area contributed by atoms with E-state index in [2.05, 4.69) is 6.07 Å². The molecule has 1 aromatic carbocycles. The highest BCUT2D eigenvalue weighted by molar-refractivity contribution is 6.34. The Morgan fingerprint density at radius 1 is 1.24 bits per heavy atom. The van der Waals surface area contributed by atoms with Crippen molar-refractivity contribution in [2.45, 2.75) is 25.7 Å². The molecule has 1 aliphatic heterocycles. The third-order valence-corrected chi connectivity index (χ3v) is 4.10. The Labute approximate surface area is 129 Å². The largest absolute Gasteiger partial charge is 0.343 e. The molecule has 0 saturated carbocycles. The Kier molecular flexibility index (Phi) is 5.35. The second-order valence-corrected chi connectivity index (χ2v) is 5.59. The molecule has 4 nitrogen and oxygen atoms in total. The van der Waals surface area contributed by atoms with Gasteiger partial charge in [-0.3, -0.25) is 9.59 Å². The van der Waals surface area contributed by atoms with Gasteiger partial charge in [0, 0.05) is 37.4 Å². The molecule has 1 aliphatic rings. The lowest BCUT2D eigenvalue weighted by atomic mass is 9.98. The van der Waals surface area contributed by atoms with Gasteiger partial charge in [0.15, 0.2) is 5.78 Å². The maximum Gasteiger partial charge on any atom is 0.223 e. The van der Waals surface area contributed by atoms with Crippen LogP contribution in [0.25, 0.3) is 0 Å². The Morgan fingerprint density at radius 3 is 2.52 bits per heavy atom. The molecular weight excluding hydrogens is 288 g/mol. The topological polar surface area (TPSA) is 61.2 Å². The van der Waals surface area contributed by atoms with Crippen LogP contribution in [0.1, 0.15) is 36.0 Å². The molecule has 5 heteroatoms. The number of hydrogen-bond donors (Lipinski definition) is 0. The molecule has 0 N–H and O–H groups in total. The zero-order valence-electron chi connectivity index (χ0n) is 11.7. The van der Waals surface area contributed by atoms with E-state index in [0.29, 0.717) is 23.7 Å². The summed E-state index contributed by atoms with van der Waals surface area (Å²) >= 11 is 5.97. The van der Waals surface area contributed by atoms with Gasteiger partial charge >= 0.3 is 0 Å². The second-order valence-electron chi connectivity index (χ2n) is 5.19. The molecule has 1 amide bonds. The maximum absolute atomic E-state index is 12.1. The lowest BCUT2D eigenvalue weighted by Crippen LogP contribution is -2.38. The first kappa shape index (κ1) is 15.5. The molecule has 2 rings (SSSR count). The molecule has 0 aliphatic carbocycles. The van der Waals surface area contributed by atoms with Gasteiger partial charge in [-0.25, -0.2) is 0 Å². The Balaban J connectivity index is 1.83. The number of carbonyl (C=O) groups excluding carboxylic acids is 2. The number of carbonyl (C=O) groups is 2. The SMILES string of the molecule is N#CC1CCN(C(=O)CCC(=O)c2ccccc2Cl)CC1. The normalized spacial score (nSPS) is 15.5. The van der Waals surface area contributed by atoms with Gasteiger partial charge in [-0.2, -0.15) is 5.26 Å². The quantitative estimate of drug-likeness (QED) is 0.803. The standard InChI is InChI=1S/C16H17ClN2O2/c17-14-4-2-1-3-13(14)15(20)5-6-16(21)19-9-7-12(11-18)8-10-19/h1-4,12H,5-10H2. The van der Waals surface area contributed by atoms with Gasteiger partial charge in [0.2, 0.25) is 5.91 Å². The smallest absolute Gasteiger partial charge is 0.223 e. The monoisotopic (exact) mass is 304 g/mol. The summed E-state index contributed by atoms with van der Waals surface area (Å²) in [5.41, 5.74) is 0.468.